The van der Waals surface area contributed by atoms with E-state index in [1.807, 2.05) is 0 Å². The van der Waals surface area contributed by atoms with Gasteiger partial charge < -0.3 is 16.2 Å². The Kier molecular flexibility index (Phi) is 5.69. The van der Waals surface area contributed by atoms with Crippen molar-refractivity contribution in [3.63, 3.8) is 0 Å². The number of hydrogen-bond donors (Lipinski definition) is 3. The standard InChI is InChI=1S/C23H28ClFN4O4S/c1-29-21(26)19(22(30)27-15-2-5-18(25)17(24)8-15)20(28-29)12-6-13-9-23(31,10-14(13)7-12)11-34(32,33)16-3-4-16/h2,5,8,12-14,16,31H,3-4,6-7,9-11,26H2,1H3,(H,27,30)/t12?,13-,14?,23?/m1/s1. The van der Waals surface area contributed by atoms with Gasteiger partial charge in [0.2, 0.25) is 0 Å². The number of carbonyl (C=O) groups excluding carboxylic acids is 1. The predicted octanol–water partition coefficient (Wildman–Crippen LogP) is 3.26. The first-order chi connectivity index (χ1) is 16.0. The minimum Gasteiger partial charge on any atom is -0.389 e. The Morgan fingerprint density at radius 1 is 1.32 bits per heavy atom. The summed E-state index contributed by atoms with van der Waals surface area (Å²) in [7, 11) is -1.58. The Balaban J connectivity index is 1.32. The van der Waals surface area contributed by atoms with Crippen molar-refractivity contribution in [1.82, 2.24) is 9.78 Å². The number of amides is 1. The van der Waals surface area contributed by atoms with E-state index in [4.69, 9.17) is 17.3 Å². The van der Waals surface area contributed by atoms with Crippen molar-refractivity contribution in [2.75, 3.05) is 16.8 Å². The molecule has 11 heteroatoms. The van der Waals surface area contributed by atoms with Gasteiger partial charge in [0, 0.05) is 18.7 Å². The summed E-state index contributed by atoms with van der Waals surface area (Å²) in [5.74, 6) is -0.660. The molecule has 3 unspecified atom stereocenters. The topological polar surface area (TPSA) is 127 Å². The highest BCUT2D eigenvalue weighted by atomic mass is 35.5. The van der Waals surface area contributed by atoms with Crippen LogP contribution in [0.25, 0.3) is 0 Å². The summed E-state index contributed by atoms with van der Waals surface area (Å²) < 4.78 is 39.8. The zero-order valence-corrected chi connectivity index (χ0v) is 20.4. The summed E-state index contributed by atoms with van der Waals surface area (Å²) in [5.41, 5.74) is 6.23. The first kappa shape index (κ1) is 23.6. The number of benzene rings is 1. The van der Waals surface area contributed by atoms with E-state index in [2.05, 4.69) is 10.4 Å². The summed E-state index contributed by atoms with van der Waals surface area (Å²) in [6, 6.07) is 3.92. The first-order valence-electron chi connectivity index (χ1n) is 11.5. The van der Waals surface area contributed by atoms with Gasteiger partial charge >= 0.3 is 0 Å². The highest BCUT2D eigenvalue weighted by molar-refractivity contribution is 7.92. The van der Waals surface area contributed by atoms with Crippen molar-refractivity contribution in [3.8, 4) is 0 Å². The zero-order chi connectivity index (χ0) is 24.4. The number of nitrogens with one attached hydrogen (secondary N) is 1. The molecule has 3 aliphatic carbocycles. The molecule has 0 radical (unpaired) electrons. The van der Waals surface area contributed by atoms with E-state index in [0.29, 0.717) is 49.9 Å². The van der Waals surface area contributed by atoms with Gasteiger partial charge in [0.25, 0.3) is 5.91 Å². The van der Waals surface area contributed by atoms with Gasteiger partial charge in [-0.15, -0.1) is 0 Å². The largest absolute Gasteiger partial charge is 0.389 e. The average molecular weight is 511 g/mol. The fraction of sp³-hybridized carbons (Fsp3) is 0.565. The maximum Gasteiger partial charge on any atom is 0.261 e. The van der Waals surface area contributed by atoms with E-state index in [0.717, 1.165) is 0 Å². The number of aryl methyl sites for hydroxylation is 1. The number of anilines is 2. The van der Waals surface area contributed by atoms with Crippen LogP contribution in [0.1, 0.15) is 60.5 Å². The van der Waals surface area contributed by atoms with Crippen LogP contribution in [0.15, 0.2) is 18.2 Å². The lowest BCUT2D eigenvalue weighted by Gasteiger charge is -2.24. The normalized spacial score (nSPS) is 28.8. The Bertz CT molecular complexity index is 1250. The van der Waals surface area contributed by atoms with Crippen LogP contribution in [0.5, 0.6) is 0 Å². The summed E-state index contributed by atoms with van der Waals surface area (Å²) in [6.07, 6.45) is 3.69. The Labute approximate surface area is 202 Å². The Hall–Kier alpha value is -2.17. The summed E-state index contributed by atoms with van der Waals surface area (Å²) in [5, 5.41) is 17.9. The lowest BCUT2D eigenvalue weighted by molar-refractivity contribution is 0.0611. The van der Waals surface area contributed by atoms with E-state index < -0.39 is 27.2 Å². The molecule has 1 aromatic heterocycles. The minimum atomic E-state index is -3.25. The van der Waals surface area contributed by atoms with Gasteiger partial charge in [0.15, 0.2) is 9.84 Å². The summed E-state index contributed by atoms with van der Waals surface area (Å²) >= 11 is 5.83. The van der Waals surface area contributed by atoms with Crippen molar-refractivity contribution in [3.05, 3.63) is 40.3 Å². The van der Waals surface area contributed by atoms with Crippen molar-refractivity contribution in [2.45, 2.75) is 55.3 Å². The number of nitrogens with zero attached hydrogens (tertiary/aromatic N) is 2. The molecule has 3 fully saturated rings. The van der Waals surface area contributed by atoms with E-state index in [-0.39, 0.29) is 45.2 Å². The van der Waals surface area contributed by atoms with Gasteiger partial charge in [-0.05, 0) is 68.6 Å². The number of nitrogens with two attached hydrogens (primary N) is 1. The van der Waals surface area contributed by atoms with Crippen LogP contribution in [-0.2, 0) is 16.9 Å². The number of hydrogen-bond acceptors (Lipinski definition) is 6. The van der Waals surface area contributed by atoms with Crippen molar-refractivity contribution < 1.29 is 22.7 Å². The molecule has 8 nitrogen and oxygen atoms in total. The second-order valence-electron chi connectivity index (χ2n) is 10.2. The predicted molar refractivity (Wildman–Crippen MR) is 127 cm³/mol. The zero-order valence-electron chi connectivity index (χ0n) is 18.8. The molecule has 1 heterocycles. The molecular weight excluding hydrogens is 483 g/mol. The van der Waals surface area contributed by atoms with Gasteiger partial charge in [-0.1, -0.05) is 11.6 Å². The quantitative estimate of drug-likeness (QED) is 0.547. The molecule has 4 atom stereocenters. The fourth-order valence-corrected chi connectivity index (χ4v) is 8.13. The number of rotatable bonds is 6. The monoisotopic (exact) mass is 510 g/mol. The number of fused-ring (bicyclic) bond motifs is 1. The number of nitrogen functional groups attached to an aromatic ring is 1. The van der Waals surface area contributed by atoms with Gasteiger partial charge in [0.05, 0.1) is 27.3 Å². The van der Waals surface area contributed by atoms with Crippen LogP contribution >= 0.6 is 11.6 Å². The number of aromatic nitrogens is 2. The highest BCUT2D eigenvalue weighted by Gasteiger charge is 2.53. The van der Waals surface area contributed by atoms with Crippen LogP contribution in [-0.4, -0.2) is 45.8 Å². The number of sulfone groups is 1. The molecule has 2 aromatic rings. The third kappa shape index (κ3) is 4.31. The Morgan fingerprint density at radius 2 is 1.97 bits per heavy atom. The number of carbonyl (C=O) groups is 1. The minimum absolute atomic E-state index is 0.0272. The third-order valence-corrected chi connectivity index (χ3v) is 10.3. The molecule has 0 saturated heterocycles. The van der Waals surface area contributed by atoms with Gasteiger partial charge in [0.1, 0.15) is 17.2 Å². The van der Waals surface area contributed by atoms with Crippen molar-refractivity contribution in [2.24, 2.45) is 18.9 Å². The molecule has 0 bridgehead atoms. The highest BCUT2D eigenvalue weighted by Crippen LogP contribution is 2.55. The lowest BCUT2D eigenvalue weighted by Crippen LogP contribution is -2.36. The molecule has 0 aliphatic heterocycles. The number of aliphatic hydroxyl groups is 1. The molecule has 4 N–H and O–H groups in total. The van der Waals surface area contributed by atoms with E-state index in [1.165, 1.54) is 22.9 Å². The second kappa shape index (κ2) is 8.20. The fourth-order valence-electron chi connectivity index (χ4n) is 5.88. The molecule has 184 valence electrons. The van der Waals surface area contributed by atoms with Crippen LogP contribution in [0.4, 0.5) is 15.9 Å². The van der Waals surface area contributed by atoms with Crippen LogP contribution in [0.2, 0.25) is 5.02 Å². The van der Waals surface area contributed by atoms with E-state index >= 15 is 0 Å². The summed E-state index contributed by atoms with van der Waals surface area (Å²) in [6.45, 7) is 0. The molecule has 3 aliphatic rings. The molecule has 1 amide bonds. The summed E-state index contributed by atoms with van der Waals surface area (Å²) in [4.78, 5) is 13.1. The van der Waals surface area contributed by atoms with Gasteiger partial charge in [-0.3, -0.25) is 9.48 Å². The van der Waals surface area contributed by atoms with Crippen molar-refractivity contribution in [1.29, 1.82) is 0 Å². The van der Waals surface area contributed by atoms with Gasteiger partial charge in [-0.25, -0.2) is 12.8 Å². The molecule has 0 spiro atoms. The smallest absolute Gasteiger partial charge is 0.261 e. The van der Waals surface area contributed by atoms with E-state index in [9.17, 15) is 22.7 Å². The van der Waals surface area contributed by atoms with Crippen molar-refractivity contribution >= 4 is 38.9 Å². The average Bonchev–Trinajstić information content (AvgIpc) is 3.40. The van der Waals surface area contributed by atoms with Crippen LogP contribution in [0, 0.1) is 17.7 Å². The number of halogens is 2. The van der Waals surface area contributed by atoms with E-state index in [1.54, 1.807) is 7.05 Å². The molecule has 3 saturated carbocycles. The first-order valence-corrected chi connectivity index (χ1v) is 13.6. The second-order valence-corrected chi connectivity index (χ2v) is 12.9. The van der Waals surface area contributed by atoms with Crippen LogP contribution in [0.3, 0.4) is 0 Å². The SMILES string of the molecule is Cn1nc(C2CC3CC(O)(CS(=O)(=O)C4CC4)C[C@H]3C2)c(C(=O)Nc2ccc(F)c(Cl)c2)c1N. The molecule has 34 heavy (non-hydrogen) atoms. The lowest BCUT2D eigenvalue weighted by atomic mass is 9.92. The maximum atomic E-state index is 13.5. The Morgan fingerprint density at radius 3 is 2.56 bits per heavy atom. The maximum absolute atomic E-state index is 13.5. The molecule has 1 aromatic carbocycles. The molecule has 5 rings (SSSR count). The van der Waals surface area contributed by atoms with Crippen LogP contribution < -0.4 is 11.1 Å². The third-order valence-electron chi connectivity index (χ3n) is 7.54. The molecular formula is C23H28ClFN4O4S. The van der Waals surface area contributed by atoms with Gasteiger partial charge in [-0.2, -0.15) is 5.10 Å².